The molecule has 0 heterocycles. The molecule has 2 heteroatoms. The molecule has 0 aliphatic carbocycles. The van der Waals surface area contributed by atoms with E-state index in [1.54, 1.807) is 10.4 Å². The van der Waals surface area contributed by atoms with Gasteiger partial charge in [-0.25, -0.2) is 0 Å². The van der Waals surface area contributed by atoms with Gasteiger partial charge in [-0.3, -0.25) is 0 Å². The Bertz CT molecular complexity index is 486. The molecule has 2 atom stereocenters. The maximum absolute atomic E-state index is 2.62. The van der Waals surface area contributed by atoms with Gasteiger partial charge in [0.2, 0.25) is 0 Å². The Balaban J connectivity index is 2.58. The van der Waals surface area contributed by atoms with Crippen molar-refractivity contribution in [2.75, 3.05) is 0 Å². The van der Waals surface area contributed by atoms with Gasteiger partial charge in [0.1, 0.15) is 0 Å². The van der Waals surface area contributed by atoms with Crippen LogP contribution in [0.2, 0.25) is 25.2 Å². The second kappa shape index (κ2) is 6.10. The molecule has 2 rings (SSSR count). The first-order chi connectivity index (χ1) is 9.58. The molecule has 106 valence electrons. The molecule has 0 radical (unpaired) electrons. The van der Waals surface area contributed by atoms with E-state index in [9.17, 15) is 0 Å². The van der Waals surface area contributed by atoms with Crippen LogP contribution in [0.1, 0.15) is 13.8 Å². The van der Waals surface area contributed by atoms with E-state index in [4.69, 9.17) is 0 Å². The minimum Gasteiger partial charge on any atom is -0.0677 e. The average Bonchev–Trinajstić information content (AvgIpc) is 2.54. The van der Waals surface area contributed by atoms with Crippen molar-refractivity contribution < 1.29 is 0 Å². The van der Waals surface area contributed by atoms with Crippen LogP contribution >= 0.6 is 0 Å². The van der Waals surface area contributed by atoms with Crippen molar-refractivity contribution in [3.8, 4) is 0 Å². The summed E-state index contributed by atoms with van der Waals surface area (Å²) in [7, 11) is -2.91. The number of rotatable bonds is 5. The lowest BCUT2D eigenvalue weighted by atomic mass is 10.4. The normalized spacial score (nSPS) is 17.2. The molecule has 0 aromatic heterocycles. The molecule has 0 spiro atoms. The summed E-state index contributed by atoms with van der Waals surface area (Å²) in [6.07, 6.45) is 0. The summed E-state index contributed by atoms with van der Waals surface area (Å²) in [6.45, 7) is 10.0. The molecule has 0 N–H and O–H groups in total. The molecule has 0 nitrogen and oxygen atoms in total. The van der Waals surface area contributed by atoms with Gasteiger partial charge in [-0.2, -0.15) is 0 Å². The third-order valence-corrected chi connectivity index (χ3v) is 25.1. The molecule has 20 heavy (non-hydrogen) atoms. The van der Waals surface area contributed by atoms with Crippen LogP contribution in [0.4, 0.5) is 0 Å². The molecule has 0 saturated carbocycles. The summed E-state index contributed by atoms with van der Waals surface area (Å²) in [5.74, 6) is 0. The van der Waals surface area contributed by atoms with Gasteiger partial charge in [0.25, 0.3) is 0 Å². The molecule has 0 amide bonds. The van der Waals surface area contributed by atoms with Crippen molar-refractivity contribution in [1.82, 2.24) is 0 Å². The van der Waals surface area contributed by atoms with Crippen molar-refractivity contribution in [1.29, 1.82) is 0 Å². The highest BCUT2D eigenvalue weighted by Gasteiger charge is 2.47. The third-order valence-electron chi connectivity index (χ3n) is 5.45. The fraction of sp³-hybridized carbons (Fsp3) is 0.333. The summed E-state index contributed by atoms with van der Waals surface area (Å²) < 4.78 is 0. The first-order valence-electron chi connectivity index (χ1n) is 7.69. The second-order valence-corrected chi connectivity index (χ2v) is 20.6. The lowest BCUT2D eigenvalue weighted by Crippen LogP contribution is -2.71. The van der Waals surface area contributed by atoms with Crippen LogP contribution in [-0.4, -0.2) is 15.2 Å². The van der Waals surface area contributed by atoms with Crippen molar-refractivity contribution in [3.05, 3.63) is 60.7 Å². The highest BCUT2D eigenvalue weighted by atomic mass is 29.3. The number of hydrogen-bond donors (Lipinski definition) is 0. The monoisotopic (exact) mass is 298 g/mol. The molecule has 2 aromatic carbocycles. The van der Waals surface area contributed by atoms with Gasteiger partial charge >= 0.3 is 0 Å². The fourth-order valence-electron chi connectivity index (χ4n) is 3.44. The Morgan fingerprint density at radius 2 is 0.900 bits per heavy atom. The van der Waals surface area contributed by atoms with Crippen LogP contribution in [0.5, 0.6) is 0 Å². The van der Waals surface area contributed by atoms with E-state index in [2.05, 4.69) is 87.6 Å². The van der Waals surface area contributed by atoms with Crippen LogP contribution in [0.3, 0.4) is 0 Å². The maximum Gasteiger partial charge on any atom is 0.0821 e. The van der Waals surface area contributed by atoms with E-state index < -0.39 is 15.2 Å². The predicted molar refractivity (Wildman–Crippen MR) is 96.4 cm³/mol. The van der Waals surface area contributed by atoms with Crippen LogP contribution in [0, 0.1) is 0 Å². The molecule has 2 aromatic rings. The van der Waals surface area contributed by atoms with Crippen LogP contribution in [0.15, 0.2) is 60.7 Å². The van der Waals surface area contributed by atoms with Crippen molar-refractivity contribution in [2.24, 2.45) is 0 Å². The van der Waals surface area contributed by atoms with Gasteiger partial charge in [0.15, 0.2) is 0 Å². The number of benzene rings is 2. The Morgan fingerprint density at radius 3 is 1.15 bits per heavy atom. The zero-order chi connectivity index (χ0) is 14.6. The standard InChI is InChI=1S/C18H26Si2/c1-5-19(3,17-13-9-7-10-14-17)20(4,6-2)18-15-11-8-12-16-18/h7-16H,5-6H2,1-4H3/t19-,20-/m1/s1. The van der Waals surface area contributed by atoms with Crippen LogP contribution < -0.4 is 10.4 Å². The molecule has 0 bridgehead atoms. The van der Waals surface area contributed by atoms with Crippen molar-refractivity contribution in [3.63, 3.8) is 0 Å². The van der Waals surface area contributed by atoms with Crippen molar-refractivity contribution >= 4 is 25.6 Å². The van der Waals surface area contributed by atoms with Gasteiger partial charge < -0.3 is 0 Å². The lowest BCUT2D eigenvalue weighted by molar-refractivity contribution is 1.35. The summed E-state index contributed by atoms with van der Waals surface area (Å²) in [5.41, 5.74) is 0. The zero-order valence-corrected chi connectivity index (χ0v) is 15.2. The highest BCUT2D eigenvalue weighted by molar-refractivity contribution is 7.50. The van der Waals surface area contributed by atoms with Gasteiger partial charge in [-0.1, -0.05) is 110 Å². The molecule has 0 aliphatic rings. The van der Waals surface area contributed by atoms with E-state index in [0.717, 1.165) is 0 Å². The summed E-state index contributed by atoms with van der Waals surface area (Å²) in [4.78, 5) is 0. The van der Waals surface area contributed by atoms with E-state index >= 15 is 0 Å². The highest BCUT2D eigenvalue weighted by Crippen LogP contribution is 2.26. The van der Waals surface area contributed by atoms with Crippen LogP contribution in [0.25, 0.3) is 0 Å². The average molecular weight is 299 g/mol. The molecular formula is C18H26Si2. The second-order valence-electron chi connectivity index (χ2n) is 6.10. The third kappa shape index (κ3) is 2.42. The quantitative estimate of drug-likeness (QED) is 0.730. The maximum atomic E-state index is 2.62. The van der Waals surface area contributed by atoms with Gasteiger partial charge in [-0.05, 0) is 0 Å². The largest absolute Gasteiger partial charge is 0.0821 e. The Hall–Kier alpha value is -1.13. The minimum absolute atomic E-state index is 1.34. The lowest BCUT2D eigenvalue weighted by Gasteiger charge is -2.43. The van der Waals surface area contributed by atoms with E-state index in [0.29, 0.717) is 0 Å². The number of hydrogen-bond acceptors (Lipinski definition) is 0. The van der Waals surface area contributed by atoms with Gasteiger partial charge in [-0.15, -0.1) is 0 Å². The van der Waals surface area contributed by atoms with Crippen molar-refractivity contribution in [2.45, 2.75) is 39.0 Å². The molecule has 0 fully saturated rings. The summed E-state index contributed by atoms with van der Waals surface area (Å²) in [5, 5.41) is 3.28. The Labute approximate surface area is 125 Å². The zero-order valence-electron chi connectivity index (χ0n) is 13.2. The van der Waals surface area contributed by atoms with E-state index in [1.807, 2.05) is 0 Å². The first-order valence-corrected chi connectivity index (χ1v) is 14.1. The Morgan fingerprint density at radius 1 is 0.600 bits per heavy atom. The predicted octanol–water partition coefficient (Wildman–Crippen LogP) is 4.08. The molecular weight excluding hydrogens is 272 g/mol. The molecule has 0 unspecified atom stereocenters. The van der Waals surface area contributed by atoms with Crippen LogP contribution in [-0.2, 0) is 0 Å². The van der Waals surface area contributed by atoms with Gasteiger partial charge in [0.05, 0.1) is 15.2 Å². The van der Waals surface area contributed by atoms with Gasteiger partial charge in [0, 0.05) is 0 Å². The SMILES string of the molecule is CC[Si@](C)(c1ccccc1)[Si@](C)(CC)c1ccccc1. The molecule has 0 saturated heterocycles. The summed E-state index contributed by atoms with van der Waals surface area (Å²) in [6, 6.07) is 25.3. The summed E-state index contributed by atoms with van der Waals surface area (Å²) >= 11 is 0. The van der Waals surface area contributed by atoms with E-state index in [1.165, 1.54) is 12.1 Å². The topological polar surface area (TPSA) is 0 Å². The minimum atomic E-state index is -1.46. The first kappa shape index (κ1) is 15.3. The fourth-order valence-corrected chi connectivity index (χ4v) is 18.5. The molecule has 0 aliphatic heterocycles. The van der Waals surface area contributed by atoms with E-state index in [-0.39, 0.29) is 0 Å². The smallest absolute Gasteiger partial charge is 0.0677 e. The Kier molecular flexibility index (Phi) is 4.66.